The number of fused-ring (bicyclic) bond motifs is 1. The topological polar surface area (TPSA) is 102 Å². The Hall–Kier alpha value is -2.68. The minimum Gasteiger partial charge on any atom is -0.482 e. The molecule has 0 aliphatic carbocycles. The molecule has 1 aromatic carbocycles. The average Bonchev–Trinajstić information content (AvgIpc) is 2.64. The number of likely N-dealkylation sites (tertiary alicyclic amines) is 1. The molecule has 140 valence electrons. The van der Waals surface area contributed by atoms with Gasteiger partial charge in [0.25, 0.3) is 11.6 Å². The summed E-state index contributed by atoms with van der Waals surface area (Å²) >= 11 is 0. The Morgan fingerprint density at radius 1 is 1.46 bits per heavy atom. The Kier molecular flexibility index (Phi) is 5.36. The first-order chi connectivity index (χ1) is 12.5. The molecule has 9 nitrogen and oxygen atoms in total. The van der Waals surface area contributed by atoms with Crippen molar-refractivity contribution >= 4 is 23.2 Å². The standard InChI is InChI=1S/C17H21N3O6/c1-2-25-13-4-3-7-18(9-13)16(21)10-19-14-8-12(20(23)24)5-6-15(14)26-11-17(19)22/h5-6,8,13H,2-4,7,9-11H2,1H3. The van der Waals surface area contributed by atoms with Gasteiger partial charge < -0.3 is 14.4 Å². The highest BCUT2D eigenvalue weighted by atomic mass is 16.6. The van der Waals surface area contributed by atoms with E-state index in [4.69, 9.17) is 9.47 Å². The van der Waals surface area contributed by atoms with Crippen LogP contribution < -0.4 is 9.64 Å². The molecule has 2 aliphatic heterocycles. The number of ether oxygens (including phenoxy) is 2. The van der Waals surface area contributed by atoms with Crippen LogP contribution in [0.4, 0.5) is 11.4 Å². The number of nitro benzene ring substituents is 1. The van der Waals surface area contributed by atoms with Gasteiger partial charge in [0.15, 0.2) is 6.61 Å². The fourth-order valence-electron chi connectivity index (χ4n) is 3.25. The van der Waals surface area contributed by atoms with Gasteiger partial charge in [0.2, 0.25) is 5.91 Å². The Morgan fingerprint density at radius 2 is 2.27 bits per heavy atom. The molecule has 1 fully saturated rings. The second kappa shape index (κ2) is 7.69. The molecule has 0 radical (unpaired) electrons. The van der Waals surface area contributed by atoms with Gasteiger partial charge in [-0.3, -0.25) is 24.6 Å². The first-order valence-corrected chi connectivity index (χ1v) is 8.60. The number of piperidine rings is 1. The molecule has 1 aromatic rings. The minimum absolute atomic E-state index is 0.00599. The van der Waals surface area contributed by atoms with E-state index in [1.165, 1.54) is 23.1 Å². The molecule has 0 bridgehead atoms. The highest BCUT2D eigenvalue weighted by Gasteiger charge is 2.32. The number of hydrogen-bond acceptors (Lipinski definition) is 6. The van der Waals surface area contributed by atoms with Crippen molar-refractivity contribution in [2.45, 2.75) is 25.9 Å². The van der Waals surface area contributed by atoms with Gasteiger partial charge in [-0.25, -0.2) is 0 Å². The van der Waals surface area contributed by atoms with Gasteiger partial charge in [-0.05, 0) is 25.8 Å². The lowest BCUT2D eigenvalue weighted by molar-refractivity contribution is -0.384. The van der Waals surface area contributed by atoms with Crippen LogP contribution in [0, 0.1) is 10.1 Å². The maximum Gasteiger partial charge on any atom is 0.271 e. The van der Waals surface area contributed by atoms with Gasteiger partial charge in [0, 0.05) is 31.8 Å². The lowest BCUT2D eigenvalue weighted by Gasteiger charge is -2.35. The normalized spacial score (nSPS) is 19.7. The summed E-state index contributed by atoms with van der Waals surface area (Å²) in [7, 11) is 0. The summed E-state index contributed by atoms with van der Waals surface area (Å²) in [6.45, 7) is 3.24. The van der Waals surface area contributed by atoms with Crippen LogP contribution in [0.5, 0.6) is 5.75 Å². The maximum atomic E-state index is 12.7. The molecule has 0 spiro atoms. The van der Waals surface area contributed by atoms with Crippen molar-refractivity contribution < 1.29 is 24.0 Å². The maximum absolute atomic E-state index is 12.7. The largest absolute Gasteiger partial charge is 0.482 e. The van der Waals surface area contributed by atoms with E-state index in [-0.39, 0.29) is 36.5 Å². The van der Waals surface area contributed by atoms with Crippen molar-refractivity contribution in [1.82, 2.24) is 4.90 Å². The molecule has 3 rings (SSSR count). The van der Waals surface area contributed by atoms with Crippen molar-refractivity contribution in [3.63, 3.8) is 0 Å². The quantitative estimate of drug-likeness (QED) is 0.578. The number of carbonyl (C=O) groups excluding carboxylic acids is 2. The van der Waals surface area contributed by atoms with Crippen molar-refractivity contribution in [2.75, 3.05) is 37.7 Å². The number of nitro groups is 1. The monoisotopic (exact) mass is 363 g/mol. The molecule has 9 heteroatoms. The summed E-state index contributed by atoms with van der Waals surface area (Å²) < 4.78 is 10.9. The summed E-state index contributed by atoms with van der Waals surface area (Å²) in [4.78, 5) is 38.4. The first kappa shape index (κ1) is 18.1. The second-order valence-corrected chi connectivity index (χ2v) is 6.24. The van der Waals surface area contributed by atoms with Crippen LogP contribution in [-0.4, -0.2) is 60.6 Å². The molecule has 0 aromatic heterocycles. The molecule has 0 saturated carbocycles. The van der Waals surface area contributed by atoms with Crippen LogP contribution in [-0.2, 0) is 14.3 Å². The van der Waals surface area contributed by atoms with Crippen LogP contribution in [0.15, 0.2) is 18.2 Å². The van der Waals surface area contributed by atoms with Crippen LogP contribution in [0.3, 0.4) is 0 Å². The summed E-state index contributed by atoms with van der Waals surface area (Å²) in [5.41, 5.74) is 0.0936. The molecule has 2 heterocycles. The van der Waals surface area contributed by atoms with Crippen molar-refractivity contribution in [1.29, 1.82) is 0 Å². The van der Waals surface area contributed by atoms with Crippen molar-refractivity contribution in [3.05, 3.63) is 28.3 Å². The lowest BCUT2D eigenvalue weighted by Crippen LogP contribution is -2.50. The zero-order chi connectivity index (χ0) is 18.7. The van der Waals surface area contributed by atoms with E-state index in [1.54, 1.807) is 4.90 Å². The van der Waals surface area contributed by atoms with E-state index < -0.39 is 10.8 Å². The number of rotatable bonds is 5. The summed E-state index contributed by atoms with van der Waals surface area (Å²) in [6.07, 6.45) is 1.75. The molecule has 1 saturated heterocycles. The number of amides is 2. The van der Waals surface area contributed by atoms with Gasteiger partial charge in [-0.15, -0.1) is 0 Å². The van der Waals surface area contributed by atoms with Gasteiger partial charge >= 0.3 is 0 Å². The van der Waals surface area contributed by atoms with Crippen LogP contribution in [0.1, 0.15) is 19.8 Å². The lowest BCUT2D eigenvalue weighted by atomic mass is 10.1. The minimum atomic E-state index is -0.545. The summed E-state index contributed by atoms with van der Waals surface area (Å²) in [5, 5.41) is 11.0. The first-order valence-electron chi connectivity index (χ1n) is 8.60. The van der Waals surface area contributed by atoms with E-state index in [9.17, 15) is 19.7 Å². The van der Waals surface area contributed by atoms with Gasteiger partial charge in [-0.2, -0.15) is 0 Å². The fourth-order valence-corrected chi connectivity index (χ4v) is 3.25. The molecule has 2 aliphatic rings. The highest BCUT2D eigenvalue weighted by molar-refractivity contribution is 6.02. The number of non-ortho nitro benzene ring substituents is 1. The number of anilines is 1. The third kappa shape index (κ3) is 3.77. The third-order valence-electron chi connectivity index (χ3n) is 4.52. The zero-order valence-corrected chi connectivity index (χ0v) is 14.6. The smallest absolute Gasteiger partial charge is 0.271 e. The SMILES string of the molecule is CCOC1CCCN(C(=O)CN2C(=O)COc3ccc([N+](=O)[O-])cc32)C1. The Bertz CT molecular complexity index is 720. The third-order valence-corrected chi connectivity index (χ3v) is 4.52. The summed E-state index contributed by atoms with van der Waals surface area (Å²) in [6, 6.07) is 4.02. The Labute approximate surface area is 150 Å². The highest BCUT2D eigenvalue weighted by Crippen LogP contribution is 2.35. The van der Waals surface area contributed by atoms with Crippen LogP contribution in [0.25, 0.3) is 0 Å². The van der Waals surface area contributed by atoms with Gasteiger partial charge in [0.1, 0.15) is 12.3 Å². The summed E-state index contributed by atoms with van der Waals surface area (Å²) in [5.74, 6) is -0.249. The molecule has 0 N–H and O–H groups in total. The van der Waals surface area contributed by atoms with Gasteiger partial charge in [0.05, 0.1) is 16.7 Å². The number of benzene rings is 1. The molecule has 26 heavy (non-hydrogen) atoms. The van der Waals surface area contributed by atoms with E-state index in [2.05, 4.69) is 0 Å². The van der Waals surface area contributed by atoms with Crippen molar-refractivity contribution in [2.24, 2.45) is 0 Å². The van der Waals surface area contributed by atoms with E-state index >= 15 is 0 Å². The van der Waals surface area contributed by atoms with Gasteiger partial charge in [-0.1, -0.05) is 0 Å². The molecule has 2 amide bonds. The number of carbonyl (C=O) groups is 2. The second-order valence-electron chi connectivity index (χ2n) is 6.24. The Balaban J connectivity index is 1.77. The van der Waals surface area contributed by atoms with E-state index in [1.807, 2.05) is 6.92 Å². The fraction of sp³-hybridized carbons (Fsp3) is 0.529. The molecular weight excluding hydrogens is 342 g/mol. The van der Waals surface area contributed by atoms with Crippen LogP contribution in [0.2, 0.25) is 0 Å². The molecule has 1 unspecified atom stereocenters. The average molecular weight is 363 g/mol. The predicted molar refractivity (Wildman–Crippen MR) is 92.2 cm³/mol. The van der Waals surface area contributed by atoms with Crippen molar-refractivity contribution in [3.8, 4) is 5.75 Å². The molecular formula is C17H21N3O6. The van der Waals surface area contributed by atoms with E-state index in [0.717, 1.165) is 12.8 Å². The zero-order valence-electron chi connectivity index (χ0n) is 14.6. The van der Waals surface area contributed by atoms with Crippen LogP contribution >= 0.6 is 0 Å². The molecule has 1 atom stereocenters. The number of hydrogen-bond donors (Lipinski definition) is 0. The van der Waals surface area contributed by atoms with E-state index in [0.29, 0.717) is 25.4 Å². The number of nitrogens with zero attached hydrogens (tertiary/aromatic N) is 3. The Morgan fingerprint density at radius 3 is 3.00 bits per heavy atom. The predicted octanol–water partition coefficient (Wildman–Crippen LogP) is 1.35.